The fourth-order valence-corrected chi connectivity index (χ4v) is 2.08. The van der Waals surface area contributed by atoms with Gasteiger partial charge >= 0.3 is 0 Å². The number of benzene rings is 1. The molecule has 90 valence electrons. The lowest BCUT2D eigenvalue weighted by Crippen LogP contribution is -2.31. The van der Waals surface area contributed by atoms with E-state index in [1.54, 1.807) is 0 Å². The zero-order valence-corrected chi connectivity index (χ0v) is 9.84. The molecule has 0 bridgehead atoms. The molecule has 1 aliphatic rings. The molecule has 0 fully saturated rings. The average molecular weight is 256 g/mol. The number of nitrogens with zero attached hydrogens (tertiary/aromatic N) is 1. The van der Waals surface area contributed by atoms with Gasteiger partial charge in [-0.25, -0.2) is 4.39 Å². The van der Waals surface area contributed by atoms with E-state index < -0.39 is 17.5 Å². The number of ketones is 1. The molecule has 1 aliphatic heterocycles. The summed E-state index contributed by atoms with van der Waals surface area (Å²) in [5.74, 6) is -1.34. The molecule has 1 aromatic carbocycles. The Balaban J connectivity index is 2.30. The van der Waals surface area contributed by atoms with Crippen LogP contribution < -0.4 is 4.90 Å². The van der Waals surface area contributed by atoms with Crippen molar-refractivity contribution in [3.8, 4) is 0 Å². The van der Waals surface area contributed by atoms with E-state index in [1.807, 2.05) is 0 Å². The fourth-order valence-electron chi connectivity index (χ4n) is 1.89. The Bertz CT molecular complexity index is 476. The molecular formula is C12H11ClFNO2. The summed E-state index contributed by atoms with van der Waals surface area (Å²) < 4.78 is 13.6. The number of amides is 1. The van der Waals surface area contributed by atoms with E-state index in [2.05, 4.69) is 0 Å². The van der Waals surface area contributed by atoms with Gasteiger partial charge in [0.25, 0.3) is 11.7 Å². The van der Waals surface area contributed by atoms with Crippen molar-refractivity contribution in [2.75, 3.05) is 17.3 Å². The number of hydrogen-bond donors (Lipinski definition) is 0. The van der Waals surface area contributed by atoms with Crippen LogP contribution in [0.25, 0.3) is 0 Å². The Hall–Kier alpha value is -1.42. The van der Waals surface area contributed by atoms with Crippen molar-refractivity contribution in [1.29, 1.82) is 0 Å². The molecule has 1 aromatic rings. The normalized spacial score (nSPS) is 14.4. The van der Waals surface area contributed by atoms with Crippen LogP contribution in [0.3, 0.4) is 0 Å². The van der Waals surface area contributed by atoms with Crippen LogP contribution in [0.15, 0.2) is 18.2 Å². The molecule has 0 aromatic heterocycles. The maximum absolute atomic E-state index is 13.6. The van der Waals surface area contributed by atoms with Crippen molar-refractivity contribution >= 4 is 29.0 Å². The van der Waals surface area contributed by atoms with E-state index in [1.165, 1.54) is 23.1 Å². The summed E-state index contributed by atoms with van der Waals surface area (Å²) >= 11 is 5.54. The summed E-state index contributed by atoms with van der Waals surface area (Å²) in [6.45, 7) is 0.325. The highest BCUT2D eigenvalue weighted by atomic mass is 35.5. The molecule has 0 radical (unpaired) electrons. The molecule has 0 spiro atoms. The highest BCUT2D eigenvalue weighted by molar-refractivity contribution is 6.52. The van der Waals surface area contributed by atoms with Crippen LogP contribution in [0.1, 0.15) is 23.2 Å². The minimum absolute atomic E-state index is 0.108. The number of rotatable bonds is 4. The molecule has 1 heterocycles. The van der Waals surface area contributed by atoms with E-state index in [9.17, 15) is 14.0 Å². The van der Waals surface area contributed by atoms with Gasteiger partial charge in [0.2, 0.25) is 0 Å². The van der Waals surface area contributed by atoms with Gasteiger partial charge < -0.3 is 4.90 Å². The van der Waals surface area contributed by atoms with Gasteiger partial charge in [0.15, 0.2) is 0 Å². The monoisotopic (exact) mass is 255 g/mol. The van der Waals surface area contributed by atoms with E-state index in [0.29, 0.717) is 18.8 Å². The van der Waals surface area contributed by atoms with E-state index >= 15 is 0 Å². The first-order chi connectivity index (χ1) is 8.16. The summed E-state index contributed by atoms with van der Waals surface area (Å²) in [6.07, 6.45) is 1.37. The topological polar surface area (TPSA) is 37.4 Å². The van der Waals surface area contributed by atoms with Crippen LogP contribution in [0.4, 0.5) is 10.1 Å². The molecule has 0 unspecified atom stereocenters. The van der Waals surface area contributed by atoms with E-state index in [-0.39, 0.29) is 11.3 Å². The van der Waals surface area contributed by atoms with Crippen LogP contribution in [0.5, 0.6) is 0 Å². The van der Waals surface area contributed by atoms with Gasteiger partial charge in [0.05, 0.1) is 11.3 Å². The van der Waals surface area contributed by atoms with Crippen LogP contribution >= 0.6 is 11.6 Å². The molecule has 5 heteroatoms. The van der Waals surface area contributed by atoms with Crippen molar-refractivity contribution in [1.82, 2.24) is 0 Å². The quantitative estimate of drug-likeness (QED) is 0.471. The van der Waals surface area contributed by atoms with Gasteiger partial charge in [0, 0.05) is 12.4 Å². The van der Waals surface area contributed by atoms with E-state index in [0.717, 1.165) is 6.42 Å². The van der Waals surface area contributed by atoms with Crippen LogP contribution in [-0.2, 0) is 4.79 Å². The lowest BCUT2D eigenvalue weighted by atomic mass is 10.1. The zero-order valence-electron chi connectivity index (χ0n) is 9.08. The standard InChI is InChI=1S/C12H11ClFNO2/c13-6-1-2-7-15-10-8(11(16)12(15)17)4-3-5-9(10)14/h3-5H,1-2,6-7H2. The number of hydrogen-bond acceptors (Lipinski definition) is 2. The molecule has 17 heavy (non-hydrogen) atoms. The molecule has 0 atom stereocenters. The molecule has 0 saturated heterocycles. The lowest BCUT2D eigenvalue weighted by Gasteiger charge is -2.16. The zero-order chi connectivity index (χ0) is 12.4. The lowest BCUT2D eigenvalue weighted by molar-refractivity contribution is -0.114. The maximum atomic E-state index is 13.6. The second-order valence-electron chi connectivity index (χ2n) is 3.82. The maximum Gasteiger partial charge on any atom is 0.299 e. The van der Waals surface area contributed by atoms with Crippen molar-refractivity contribution in [3.05, 3.63) is 29.6 Å². The number of alkyl halides is 1. The summed E-state index contributed by atoms with van der Waals surface area (Å²) in [7, 11) is 0. The summed E-state index contributed by atoms with van der Waals surface area (Å²) in [4.78, 5) is 24.5. The third kappa shape index (κ3) is 2.05. The molecule has 1 amide bonds. The first-order valence-corrected chi connectivity index (χ1v) is 5.91. The molecular weight excluding hydrogens is 245 g/mol. The predicted molar refractivity (Wildman–Crippen MR) is 63.0 cm³/mol. The predicted octanol–water partition coefficient (Wildman–Crippen LogP) is 2.37. The number of anilines is 1. The highest BCUT2D eigenvalue weighted by Gasteiger charge is 2.37. The summed E-state index contributed by atoms with van der Waals surface area (Å²) in [5, 5.41) is 0. The number of para-hydroxylation sites is 1. The van der Waals surface area contributed by atoms with Gasteiger partial charge in [-0.3, -0.25) is 9.59 Å². The second-order valence-corrected chi connectivity index (χ2v) is 4.20. The summed E-state index contributed by atoms with van der Waals surface area (Å²) in [6, 6.07) is 4.15. The Morgan fingerprint density at radius 3 is 2.71 bits per heavy atom. The number of carbonyl (C=O) groups is 2. The summed E-state index contributed by atoms with van der Waals surface area (Å²) in [5.41, 5.74) is 0.262. The third-order valence-corrected chi connectivity index (χ3v) is 2.97. The number of Topliss-reactive ketones (excluding diaryl/α,β-unsaturated/α-hetero) is 1. The van der Waals surface area contributed by atoms with Crippen LogP contribution in [0, 0.1) is 5.82 Å². The first kappa shape index (κ1) is 12.0. The van der Waals surface area contributed by atoms with Gasteiger partial charge in [-0.1, -0.05) is 6.07 Å². The Morgan fingerprint density at radius 1 is 1.24 bits per heavy atom. The van der Waals surface area contributed by atoms with Crippen molar-refractivity contribution in [2.45, 2.75) is 12.8 Å². The Labute approximate surface area is 103 Å². The molecule has 3 nitrogen and oxygen atoms in total. The fraction of sp³-hybridized carbons (Fsp3) is 0.333. The number of unbranched alkanes of at least 4 members (excludes halogenated alkanes) is 1. The Kier molecular flexibility index (Phi) is 3.43. The number of halogens is 2. The second kappa shape index (κ2) is 4.84. The van der Waals surface area contributed by atoms with Crippen molar-refractivity contribution < 1.29 is 14.0 Å². The Morgan fingerprint density at radius 2 is 2.00 bits per heavy atom. The van der Waals surface area contributed by atoms with Gasteiger partial charge in [-0.15, -0.1) is 11.6 Å². The van der Waals surface area contributed by atoms with Gasteiger partial charge in [-0.2, -0.15) is 0 Å². The SMILES string of the molecule is O=C1C(=O)N(CCCCCl)c2c(F)cccc21. The highest BCUT2D eigenvalue weighted by Crippen LogP contribution is 2.31. The average Bonchev–Trinajstić information content (AvgIpc) is 2.56. The van der Waals surface area contributed by atoms with E-state index in [4.69, 9.17) is 11.6 Å². The van der Waals surface area contributed by atoms with Gasteiger partial charge in [0.1, 0.15) is 5.82 Å². The third-order valence-electron chi connectivity index (χ3n) is 2.71. The van der Waals surface area contributed by atoms with Crippen LogP contribution in [0.2, 0.25) is 0 Å². The minimum atomic E-state index is -0.653. The van der Waals surface area contributed by atoms with Crippen LogP contribution in [-0.4, -0.2) is 24.1 Å². The van der Waals surface area contributed by atoms with Gasteiger partial charge in [-0.05, 0) is 25.0 Å². The number of carbonyl (C=O) groups excluding carboxylic acids is 2. The molecule has 0 N–H and O–H groups in total. The smallest absolute Gasteiger partial charge is 0.299 e. The minimum Gasteiger partial charge on any atom is -0.302 e. The largest absolute Gasteiger partial charge is 0.302 e. The number of fused-ring (bicyclic) bond motifs is 1. The van der Waals surface area contributed by atoms with Crippen molar-refractivity contribution in [3.63, 3.8) is 0 Å². The molecule has 2 rings (SSSR count). The van der Waals surface area contributed by atoms with Crippen molar-refractivity contribution in [2.24, 2.45) is 0 Å². The molecule has 0 saturated carbocycles. The molecule has 0 aliphatic carbocycles. The first-order valence-electron chi connectivity index (χ1n) is 5.37.